The van der Waals surface area contributed by atoms with E-state index in [1.54, 1.807) is 10.9 Å². The lowest BCUT2D eigenvalue weighted by molar-refractivity contribution is -0.116. The molecule has 0 radical (unpaired) electrons. The number of carboxylic acid groups (broad SMARTS) is 1. The fourth-order valence-corrected chi connectivity index (χ4v) is 2.95. The standard InChI is InChI=1S/C18H18BrN5O3/c1-12-2-4-13(5-3-12)10-23-11-14(19)17(22-23)21-16(25)7-9-24-15(18(26)27)6-8-20-24/h2-6,8,11H,7,9-10H2,1H3,(H,26,27)(H,21,22,25). The Bertz CT molecular complexity index is 962. The van der Waals surface area contributed by atoms with Crippen molar-refractivity contribution in [2.75, 3.05) is 5.32 Å². The first-order valence-corrected chi connectivity index (χ1v) is 9.05. The monoisotopic (exact) mass is 431 g/mol. The molecule has 3 rings (SSSR count). The third-order valence-corrected chi connectivity index (χ3v) is 4.51. The fourth-order valence-electron chi connectivity index (χ4n) is 2.54. The van der Waals surface area contributed by atoms with Crippen molar-refractivity contribution in [1.29, 1.82) is 0 Å². The van der Waals surface area contributed by atoms with Crippen LogP contribution in [0, 0.1) is 6.92 Å². The zero-order chi connectivity index (χ0) is 19.4. The van der Waals surface area contributed by atoms with E-state index in [2.05, 4.69) is 31.4 Å². The number of aromatic nitrogens is 4. The lowest BCUT2D eigenvalue weighted by atomic mass is 10.1. The molecule has 2 N–H and O–H groups in total. The predicted octanol–water partition coefficient (Wildman–Crippen LogP) is 2.93. The van der Waals surface area contributed by atoms with Gasteiger partial charge in [0.1, 0.15) is 5.69 Å². The highest BCUT2D eigenvalue weighted by Crippen LogP contribution is 2.21. The highest BCUT2D eigenvalue weighted by Gasteiger charge is 2.14. The van der Waals surface area contributed by atoms with Gasteiger partial charge in [-0.25, -0.2) is 4.79 Å². The predicted molar refractivity (Wildman–Crippen MR) is 103 cm³/mol. The van der Waals surface area contributed by atoms with Gasteiger partial charge in [0.2, 0.25) is 5.91 Å². The van der Waals surface area contributed by atoms with Crippen LogP contribution in [0.15, 0.2) is 47.2 Å². The number of aromatic carboxylic acids is 1. The minimum atomic E-state index is -1.08. The fraction of sp³-hybridized carbons (Fsp3) is 0.222. The van der Waals surface area contributed by atoms with Crippen LogP contribution in [0.5, 0.6) is 0 Å². The number of rotatable bonds is 7. The molecule has 0 spiro atoms. The summed E-state index contributed by atoms with van der Waals surface area (Å²) in [7, 11) is 0. The Morgan fingerprint density at radius 3 is 2.67 bits per heavy atom. The Balaban J connectivity index is 1.59. The second-order valence-electron chi connectivity index (χ2n) is 6.05. The zero-order valence-electron chi connectivity index (χ0n) is 14.6. The summed E-state index contributed by atoms with van der Waals surface area (Å²) in [6, 6.07) is 9.54. The highest BCUT2D eigenvalue weighted by atomic mass is 79.9. The van der Waals surface area contributed by atoms with Gasteiger partial charge in [0, 0.05) is 18.8 Å². The molecule has 0 aliphatic carbocycles. The first-order valence-electron chi connectivity index (χ1n) is 8.26. The first kappa shape index (κ1) is 18.8. The van der Waals surface area contributed by atoms with Crippen LogP contribution in [0.2, 0.25) is 0 Å². The largest absolute Gasteiger partial charge is 0.477 e. The van der Waals surface area contributed by atoms with Gasteiger partial charge in [-0.1, -0.05) is 29.8 Å². The van der Waals surface area contributed by atoms with Crippen LogP contribution in [-0.2, 0) is 17.9 Å². The van der Waals surface area contributed by atoms with Crippen LogP contribution in [0.3, 0.4) is 0 Å². The number of aryl methyl sites for hydroxylation is 2. The summed E-state index contributed by atoms with van der Waals surface area (Å²) in [6.45, 7) is 2.79. The van der Waals surface area contributed by atoms with Gasteiger partial charge in [-0.05, 0) is 34.5 Å². The van der Waals surface area contributed by atoms with Crippen molar-refractivity contribution in [3.05, 3.63) is 64.0 Å². The molecule has 140 valence electrons. The molecule has 0 saturated heterocycles. The van der Waals surface area contributed by atoms with Crippen molar-refractivity contribution >= 4 is 33.6 Å². The normalized spacial score (nSPS) is 10.7. The molecule has 0 saturated carbocycles. The number of carboxylic acids is 1. The van der Waals surface area contributed by atoms with Crippen molar-refractivity contribution in [2.24, 2.45) is 0 Å². The first-order chi connectivity index (χ1) is 12.9. The molecule has 0 unspecified atom stereocenters. The summed E-state index contributed by atoms with van der Waals surface area (Å²) >= 11 is 3.40. The van der Waals surface area contributed by atoms with E-state index < -0.39 is 5.97 Å². The van der Waals surface area contributed by atoms with Crippen molar-refractivity contribution in [2.45, 2.75) is 26.4 Å². The number of anilines is 1. The van der Waals surface area contributed by atoms with E-state index in [0.717, 1.165) is 5.56 Å². The molecule has 8 nitrogen and oxygen atoms in total. The molecule has 3 aromatic rings. The Morgan fingerprint density at radius 1 is 1.22 bits per heavy atom. The van der Waals surface area contributed by atoms with E-state index in [-0.39, 0.29) is 24.6 Å². The molecule has 2 heterocycles. The average Bonchev–Trinajstić information content (AvgIpc) is 3.22. The summed E-state index contributed by atoms with van der Waals surface area (Å²) < 4.78 is 3.70. The molecule has 27 heavy (non-hydrogen) atoms. The van der Waals surface area contributed by atoms with Crippen molar-refractivity contribution in [3.8, 4) is 0 Å². The molecule has 1 aromatic carbocycles. The molecule has 9 heteroatoms. The van der Waals surface area contributed by atoms with E-state index in [4.69, 9.17) is 5.11 Å². The molecule has 1 amide bonds. The van der Waals surface area contributed by atoms with Gasteiger partial charge in [0.15, 0.2) is 5.82 Å². The lowest BCUT2D eigenvalue weighted by Gasteiger charge is -2.05. The number of carbonyl (C=O) groups is 2. The second-order valence-corrected chi connectivity index (χ2v) is 6.91. The second kappa shape index (κ2) is 8.17. The summed E-state index contributed by atoms with van der Waals surface area (Å²) in [5, 5.41) is 20.1. The Kier molecular flexibility index (Phi) is 5.70. The van der Waals surface area contributed by atoms with Gasteiger partial charge >= 0.3 is 5.97 Å². The van der Waals surface area contributed by atoms with Gasteiger partial charge in [-0.3, -0.25) is 14.2 Å². The molecule has 2 aromatic heterocycles. The molecule has 0 aliphatic heterocycles. The summed E-state index contributed by atoms with van der Waals surface area (Å²) in [6.07, 6.45) is 3.27. The van der Waals surface area contributed by atoms with E-state index in [9.17, 15) is 9.59 Å². The topological polar surface area (TPSA) is 102 Å². The quantitative estimate of drug-likeness (QED) is 0.598. The molecule has 0 aliphatic rings. The van der Waals surface area contributed by atoms with Crippen molar-refractivity contribution < 1.29 is 14.7 Å². The van der Waals surface area contributed by atoms with E-state index in [1.807, 2.05) is 31.2 Å². The SMILES string of the molecule is Cc1ccc(Cn2cc(Br)c(NC(=O)CCn3nccc3C(=O)O)n2)cc1. The van der Waals surface area contributed by atoms with E-state index >= 15 is 0 Å². The van der Waals surface area contributed by atoms with Gasteiger partial charge in [0.25, 0.3) is 0 Å². The van der Waals surface area contributed by atoms with Crippen LogP contribution in [-0.4, -0.2) is 36.5 Å². The van der Waals surface area contributed by atoms with Gasteiger partial charge in [-0.2, -0.15) is 10.2 Å². The number of nitrogens with zero attached hydrogens (tertiary/aromatic N) is 4. The van der Waals surface area contributed by atoms with Crippen LogP contribution >= 0.6 is 15.9 Å². The van der Waals surface area contributed by atoms with Crippen LogP contribution < -0.4 is 5.32 Å². The van der Waals surface area contributed by atoms with Gasteiger partial charge < -0.3 is 10.4 Å². The van der Waals surface area contributed by atoms with Gasteiger partial charge in [-0.15, -0.1) is 0 Å². The number of amides is 1. The Hall–Kier alpha value is -2.94. The maximum Gasteiger partial charge on any atom is 0.354 e. The maximum atomic E-state index is 12.2. The van der Waals surface area contributed by atoms with Gasteiger partial charge in [0.05, 0.1) is 17.6 Å². The maximum absolute atomic E-state index is 12.2. The molecular formula is C18H18BrN5O3. The number of hydrogen-bond acceptors (Lipinski definition) is 4. The number of carbonyl (C=O) groups excluding carboxylic acids is 1. The van der Waals surface area contributed by atoms with Crippen LogP contribution in [0.1, 0.15) is 28.0 Å². The molecular weight excluding hydrogens is 414 g/mol. The molecule has 0 bridgehead atoms. The lowest BCUT2D eigenvalue weighted by Crippen LogP contribution is -2.18. The number of hydrogen-bond donors (Lipinski definition) is 2. The van der Waals surface area contributed by atoms with Crippen molar-refractivity contribution in [3.63, 3.8) is 0 Å². The van der Waals surface area contributed by atoms with E-state index in [0.29, 0.717) is 16.8 Å². The minimum Gasteiger partial charge on any atom is -0.477 e. The highest BCUT2D eigenvalue weighted by molar-refractivity contribution is 9.10. The third-order valence-electron chi connectivity index (χ3n) is 3.93. The number of benzene rings is 1. The smallest absolute Gasteiger partial charge is 0.354 e. The van der Waals surface area contributed by atoms with Crippen LogP contribution in [0.4, 0.5) is 5.82 Å². The van der Waals surface area contributed by atoms with Crippen molar-refractivity contribution in [1.82, 2.24) is 19.6 Å². The number of halogens is 1. The Labute approximate surface area is 163 Å². The van der Waals surface area contributed by atoms with Crippen LogP contribution in [0.25, 0.3) is 0 Å². The third kappa shape index (κ3) is 4.82. The number of nitrogens with one attached hydrogen (secondary N) is 1. The summed E-state index contributed by atoms with van der Waals surface area (Å²) in [4.78, 5) is 23.2. The minimum absolute atomic E-state index is 0.0476. The molecule has 0 fully saturated rings. The van der Waals surface area contributed by atoms with E-state index in [1.165, 1.54) is 22.5 Å². The molecule has 0 atom stereocenters. The summed E-state index contributed by atoms with van der Waals surface area (Å²) in [5.41, 5.74) is 2.34. The summed E-state index contributed by atoms with van der Waals surface area (Å²) in [5.74, 6) is -0.931. The Morgan fingerprint density at radius 2 is 1.96 bits per heavy atom. The zero-order valence-corrected chi connectivity index (χ0v) is 16.2. The average molecular weight is 432 g/mol.